The summed E-state index contributed by atoms with van der Waals surface area (Å²) in [5, 5.41) is 8.61. The van der Waals surface area contributed by atoms with Gasteiger partial charge in [-0.15, -0.1) is 10.2 Å². The van der Waals surface area contributed by atoms with Crippen LogP contribution in [0.5, 0.6) is 0 Å². The summed E-state index contributed by atoms with van der Waals surface area (Å²) in [7, 11) is 0. The fourth-order valence-corrected chi connectivity index (χ4v) is 3.46. The third kappa shape index (κ3) is 4.11. The van der Waals surface area contributed by atoms with E-state index in [1.807, 2.05) is 49.1 Å². The van der Waals surface area contributed by atoms with Crippen molar-refractivity contribution < 1.29 is 9.18 Å². The molecule has 0 atom stereocenters. The van der Waals surface area contributed by atoms with E-state index in [1.54, 1.807) is 12.1 Å². The van der Waals surface area contributed by atoms with Gasteiger partial charge in [-0.25, -0.2) is 4.39 Å². The minimum absolute atomic E-state index is 0.0745. The first-order valence-electron chi connectivity index (χ1n) is 9.72. The van der Waals surface area contributed by atoms with Gasteiger partial charge >= 0.3 is 0 Å². The third-order valence-electron chi connectivity index (χ3n) is 5.44. The van der Waals surface area contributed by atoms with Crippen LogP contribution < -0.4 is 4.90 Å². The SMILES string of the molecule is Cc1ccc(C(=O)N2CCN(c3ccc(-c4ccc(F)cc4)nn3)CC2)cc1C. The van der Waals surface area contributed by atoms with E-state index in [0.717, 1.165) is 22.5 Å². The van der Waals surface area contributed by atoms with E-state index in [4.69, 9.17) is 0 Å². The summed E-state index contributed by atoms with van der Waals surface area (Å²) in [5.74, 6) is 0.589. The number of halogens is 1. The van der Waals surface area contributed by atoms with Crippen molar-refractivity contribution in [3.05, 3.63) is 77.1 Å². The first-order valence-corrected chi connectivity index (χ1v) is 9.72. The summed E-state index contributed by atoms with van der Waals surface area (Å²) in [6, 6.07) is 15.9. The van der Waals surface area contributed by atoms with Crippen LogP contribution in [-0.2, 0) is 0 Å². The van der Waals surface area contributed by atoms with Crippen LogP contribution in [0.25, 0.3) is 11.3 Å². The molecule has 1 aromatic heterocycles. The first kappa shape index (κ1) is 19.1. The van der Waals surface area contributed by atoms with Crippen LogP contribution in [-0.4, -0.2) is 47.2 Å². The molecule has 0 radical (unpaired) electrons. The lowest BCUT2D eigenvalue weighted by Crippen LogP contribution is -2.49. The molecule has 5 nitrogen and oxygen atoms in total. The normalized spacial score (nSPS) is 14.2. The van der Waals surface area contributed by atoms with Crippen molar-refractivity contribution in [1.82, 2.24) is 15.1 Å². The van der Waals surface area contributed by atoms with Gasteiger partial charge in [0.2, 0.25) is 0 Å². The van der Waals surface area contributed by atoms with E-state index in [2.05, 4.69) is 15.1 Å². The molecular formula is C23H23FN4O. The monoisotopic (exact) mass is 390 g/mol. The van der Waals surface area contributed by atoms with Crippen molar-refractivity contribution in [2.75, 3.05) is 31.1 Å². The zero-order valence-electron chi connectivity index (χ0n) is 16.6. The maximum Gasteiger partial charge on any atom is 0.253 e. The number of carbonyl (C=O) groups is 1. The van der Waals surface area contributed by atoms with Crippen LogP contribution in [0.2, 0.25) is 0 Å². The highest BCUT2D eigenvalue weighted by Gasteiger charge is 2.23. The van der Waals surface area contributed by atoms with Crippen LogP contribution in [0.15, 0.2) is 54.6 Å². The number of aromatic nitrogens is 2. The molecule has 1 aliphatic heterocycles. The topological polar surface area (TPSA) is 49.3 Å². The molecule has 0 spiro atoms. The van der Waals surface area contributed by atoms with Gasteiger partial charge < -0.3 is 9.80 Å². The van der Waals surface area contributed by atoms with Crippen LogP contribution in [0.1, 0.15) is 21.5 Å². The second-order valence-electron chi connectivity index (χ2n) is 7.36. The van der Waals surface area contributed by atoms with Gasteiger partial charge in [0.1, 0.15) is 5.82 Å². The molecule has 0 unspecified atom stereocenters. The highest BCUT2D eigenvalue weighted by Crippen LogP contribution is 2.20. The molecule has 29 heavy (non-hydrogen) atoms. The molecule has 1 aliphatic rings. The molecule has 2 heterocycles. The van der Waals surface area contributed by atoms with Gasteiger partial charge in [0.25, 0.3) is 5.91 Å². The molecule has 0 aliphatic carbocycles. The summed E-state index contributed by atoms with van der Waals surface area (Å²) < 4.78 is 13.1. The van der Waals surface area contributed by atoms with Crippen LogP contribution in [0.3, 0.4) is 0 Å². The van der Waals surface area contributed by atoms with Gasteiger partial charge in [-0.2, -0.15) is 0 Å². The first-order chi connectivity index (χ1) is 14.0. The zero-order chi connectivity index (χ0) is 20.4. The number of hydrogen-bond donors (Lipinski definition) is 0. The quantitative estimate of drug-likeness (QED) is 0.681. The summed E-state index contributed by atoms with van der Waals surface area (Å²) in [5.41, 5.74) is 4.59. The molecular weight excluding hydrogens is 367 g/mol. The molecule has 4 rings (SSSR count). The summed E-state index contributed by atoms with van der Waals surface area (Å²) in [4.78, 5) is 16.8. The van der Waals surface area contributed by atoms with E-state index in [-0.39, 0.29) is 11.7 Å². The van der Waals surface area contributed by atoms with E-state index in [1.165, 1.54) is 17.7 Å². The molecule has 2 aromatic carbocycles. The van der Waals surface area contributed by atoms with E-state index < -0.39 is 0 Å². The van der Waals surface area contributed by atoms with Gasteiger partial charge in [-0.05, 0) is 73.5 Å². The number of carbonyl (C=O) groups excluding carboxylic acids is 1. The third-order valence-corrected chi connectivity index (χ3v) is 5.44. The van der Waals surface area contributed by atoms with Crippen molar-refractivity contribution in [2.45, 2.75) is 13.8 Å². The molecule has 1 saturated heterocycles. The molecule has 0 bridgehead atoms. The fourth-order valence-electron chi connectivity index (χ4n) is 3.46. The Labute approximate surface area is 169 Å². The van der Waals surface area contributed by atoms with Crippen LogP contribution >= 0.6 is 0 Å². The van der Waals surface area contributed by atoms with Gasteiger partial charge in [0.05, 0.1) is 5.69 Å². The van der Waals surface area contributed by atoms with Gasteiger partial charge in [0, 0.05) is 37.3 Å². The second kappa shape index (κ2) is 7.99. The molecule has 1 amide bonds. The number of piperazine rings is 1. The Balaban J connectivity index is 1.39. The lowest BCUT2D eigenvalue weighted by Gasteiger charge is -2.35. The highest BCUT2D eigenvalue weighted by molar-refractivity contribution is 5.94. The largest absolute Gasteiger partial charge is 0.352 e. The molecule has 6 heteroatoms. The number of aryl methyl sites for hydroxylation is 2. The number of amides is 1. The predicted molar refractivity (Wildman–Crippen MR) is 111 cm³/mol. The van der Waals surface area contributed by atoms with E-state index in [0.29, 0.717) is 31.9 Å². The average molecular weight is 390 g/mol. The number of nitrogens with zero attached hydrogens (tertiary/aromatic N) is 4. The lowest BCUT2D eigenvalue weighted by atomic mass is 10.1. The lowest BCUT2D eigenvalue weighted by molar-refractivity contribution is 0.0746. The molecule has 1 fully saturated rings. The van der Waals surface area contributed by atoms with Gasteiger partial charge in [-0.3, -0.25) is 4.79 Å². The van der Waals surface area contributed by atoms with Crippen LogP contribution in [0, 0.1) is 19.7 Å². The highest BCUT2D eigenvalue weighted by atomic mass is 19.1. The summed E-state index contributed by atoms with van der Waals surface area (Å²) in [6.45, 7) is 6.78. The van der Waals surface area contributed by atoms with Crippen molar-refractivity contribution >= 4 is 11.7 Å². The maximum atomic E-state index is 13.1. The minimum Gasteiger partial charge on any atom is -0.352 e. The standard InChI is InChI=1S/C23H23FN4O/c1-16-3-4-19(15-17(16)2)23(29)28-13-11-27(12-14-28)22-10-9-21(25-26-22)18-5-7-20(24)8-6-18/h3-10,15H,11-14H2,1-2H3. The predicted octanol–water partition coefficient (Wildman–Crippen LogP) is 3.86. The Morgan fingerprint density at radius 3 is 2.21 bits per heavy atom. The number of rotatable bonds is 3. The second-order valence-corrected chi connectivity index (χ2v) is 7.36. The number of benzene rings is 2. The summed E-state index contributed by atoms with van der Waals surface area (Å²) >= 11 is 0. The Morgan fingerprint density at radius 1 is 0.862 bits per heavy atom. The van der Waals surface area contributed by atoms with Gasteiger partial charge in [0.15, 0.2) is 5.82 Å². The fraction of sp³-hybridized carbons (Fsp3) is 0.261. The molecule has 0 saturated carbocycles. The maximum absolute atomic E-state index is 13.1. The van der Waals surface area contributed by atoms with Gasteiger partial charge in [-0.1, -0.05) is 6.07 Å². The van der Waals surface area contributed by atoms with Crippen molar-refractivity contribution in [1.29, 1.82) is 0 Å². The number of anilines is 1. The van der Waals surface area contributed by atoms with E-state index in [9.17, 15) is 9.18 Å². The van der Waals surface area contributed by atoms with Crippen molar-refractivity contribution in [2.24, 2.45) is 0 Å². The average Bonchev–Trinajstić information content (AvgIpc) is 2.76. The van der Waals surface area contributed by atoms with Crippen molar-refractivity contribution in [3.63, 3.8) is 0 Å². The summed E-state index contributed by atoms with van der Waals surface area (Å²) in [6.07, 6.45) is 0. The zero-order valence-corrected chi connectivity index (χ0v) is 16.6. The Hall–Kier alpha value is -3.28. The van der Waals surface area contributed by atoms with Crippen molar-refractivity contribution in [3.8, 4) is 11.3 Å². The Bertz CT molecular complexity index is 1010. The molecule has 148 valence electrons. The molecule has 3 aromatic rings. The Morgan fingerprint density at radius 2 is 1.59 bits per heavy atom. The van der Waals surface area contributed by atoms with E-state index >= 15 is 0 Å². The smallest absolute Gasteiger partial charge is 0.253 e. The number of hydrogen-bond acceptors (Lipinski definition) is 4. The Kier molecular flexibility index (Phi) is 5.25. The minimum atomic E-state index is -0.272. The van der Waals surface area contributed by atoms with Crippen LogP contribution in [0.4, 0.5) is 10.2 Å². The molecule has 0 N–H and O–H groups in total.